The molecular formula is C19H19ClFN5OS. The molecule has 0 saturated carbocycles. The highest BCUT2D eigenvalue weighted by Crippen LogP contribution is 2.31. The van der Waals surface area contributed by atoms with Crippen LogP contribution in [0.25, 0.3) is 10.2 Å². The van der Waals surface area contributed by atoms with Crippen molar-refractivity contribution in [3.05, 3.63) is 46.3 Å². The number of nitrogens with one attached hydrogen (secondary N) is 2. The van der Waals surface area contributed by atoms with E-state index in [4.69, 9.17) is 11.6 Å². The fourth-order valence-corrected chi connectivity index (χ4v) is 4.27. The molecule has 6 nitrogen and oxygen atoms in total. The Hall–Kier alpha value is -2.29. The van der Waals surface area contributed by atoms with Crippen LogP contribution in [-0.4, -0.2) is 47.0 Å². The van der Waals surface area contributed by atoms with Gasteiger partial charge in [-0.1, -0.05) is 11.6 Å². The summed E-state index contributed by atoms with van der Waals surface area (Å²) in [6.45, 7) is 1.97. The molecule has 1 amide bonds. The summed E-state index contributed by atoms with van der Waals surface area (Å²) >= 11 is 7.17. The molecule has 0 aliphatic carbocycles. The van der Waals surface area contributed by atoms with Crippen LogP contribution in [0.5, 0.6) is 0 Å². The molecule has 0 spiro atoms. The Morgan fingerprint density at radius 1 is 1.29 bits per heavy atom. The molecule has 28 heavy (non-hydrogen) atoms. The van der Waals surface area contributed by atoms with Gasteiger partial charge in [0, 0.05) is 11.7 Å². The van der Waals surface area contributed by atoms with Gasteiger partial charge < -0.3 is 15.5 Å². The number of rotatable bonds is 4. The summed E-state index contributed by atoms with van der Waals surface area (Å²) < 4.78 is 13.4. The van der Waals surface area contributed by atoms with Gasteiger partial charge in [-0.2, -0.15) is 0 Å². The molecule has 0 bridgehead atoms. The van der Waals surface area contributed by atoms with E-state index in [1.165, 1.54) is 29.8 Å². The Morgan fingerprint density at radius 2 is 2.07 bits per heavy atom. The lowest BCUT2D eigenvalue weighted by Crippen LogP contribution is -2.43. The van der Waals surface area contributed by atoms with Gasteiger partial charge in [-0.3, -0.25) is 4.79 Å². The number of carbonyl (C=O) groups is 1. The Labute approximate surface area is 170 Å². The fraction of sp³-hybridized carbons (Fsp3) is 0.316. The van der Waals surface area contributed by atoms with Crippen molar-refractivity contribution < 1.29 is 9.18 Å². The lowest BCUT2D eigenvalue weighted by atomic mass is 10.1. The first kappa shape index (κ1) is 19.0. The van der Waals surface area contributed by atoms with Crippen molar-refractivity contribution >= 4 is 50.6 Å². The normalized spacial score (nSPS) is 15.7. The molecule has 0 atom stereocenters. The lowest BCUT2D eigenvalue weighted by molar-refractivity contribution is 0.0921. The number of likely N-dealkylation sites (tertiary alicyclic amines) is 1. The Morgan fingerprint density at radius 3 is 2.82 bits per heavy atom. The molecule has 146 valence electrons. The number of aromatic nitrogens is 2. The third-order valence-electron chi connectivity index (χ3n) is 4.79. The minimum atomic E-state index is -0.483. The zero-order valence-electron chi connectivity index (χ0n) is 15.2. The predicted octanol–water partition coefficient (Wildman–Crippen LogP) is 4.05. The van der Waals surface area contributed by atoms with Gasteiger partial charge in [-0.15, -0.1) is 11.3 Å². The summed E-state index contributed by atoms with van der Waals surface area (Å²) in [5.41, 5.74) is 0.606. The number of fused-ring (bicyclic) bond motifs is 1. The Kier molecular flexibility index (Phi) is 5.43. The number of hydrogen-bond donors (Lipinski definition) is 2. The SMILES string of the molecule is CN1CCC(NC(=O)c2cc3c(Nc4ccc(F)c(Cl)c4)ncnc3s2)CC1. The zero-order chi connectivity index (χ0) is 19.7. The number of nitrogens with zero attached hydrogens (tertiary/aromatic N) is 3. The fourth-order valence-electron chi connectivity index (χ4n) is 3.19. The van der Waals surface area contributed by atoms with Crippen molar-refractivity contribution in [2.24, 2.45) is 0 Å². The van der Waals surface area contributed by atoms with E-state index in [-0.39, 0.29) is 17.0 Å². The molecule has 1 aliphatic rings. The summed E-state index contributed by atoms with van der Waals surface area (Å²) in [6, 6.07) is 6.34. The quantitative estimate of drug-likeness (QED) is 0.667. The first-order valence-electron chi connectivity index (χ1n) is 8.95. The minimum absolute atomic E-state index is 0.0267. The molecule has 4 rings (SSSR count). The van der Waals surface area contributed by atoms with Gasteiger partial charge in [0.1, 0.15) is 22.8 Å². The van der Waals surface area contributed by atoms with Gasteiger partial charge in [0.25, 0.3) is 5.91 Å². The van der Waals surface area contributed by atoms with Crippen LogP contribution in [-0.2, 0) is 0 Å². The molecule has 0 radical (unpaired) electrons. The van der Waals surface area contributed by atoms with E-state index in [1.54, 1.807) is 12.1 Å². The van der Waals surface area contributed by atoms with Crippen molar-refractivity contribution in [2.45, 2.75) is 18.9 Å². The van der Waals surface area contributed by atoms with E-state index in [9.17, 15) is 9.18 Å². The van der Waals surface area contributed by atoms with Gasteiger partial charge in [-0.25, -0.2) is 14.4 Å². The molecule has 1 fully saturated rings. The second kappa shape index (κ2) is 7.98. The molecule has 3 aromatic rings. The van der Waals surface area contributed by atoms with Gasteiger partial charge in [0.05, 0.1) is 15.3 Å². The molecule has 3 heterocycles. The van der Waals surface area contributed by atoms with Gasteiger partial charge in [0.15, 0.2) is 0 Å². The number of benzene rings is 1. The van der Waals surface area contributed by atoms with Crippen LogP contribution in [0.3, 0.4) is 0 Å². The van der Waals surface area contributed by atoms with Crippen LogP contribution in [0.2, 0.25) is 5.02 Å². The maximum atomic E-state index is 13.4. The molecule has 0 unspecified atom stereocenters. The summed E-state index contributed by atoms with van der Waals surface area (Å²) in [7, 11) is 2.09. The second-order valence-electron chi connectivity index (χ2n) is 6.86. The van der Waals surface area contributed by atoms with Gasteiger partial charge in [-0.05, 0) is 57.2 Å². The van der Waals surface area contributed by atoms with Crippen LogP contribution >= 0.6 is 22.9 Å². The smallest absolute Gasteiger partial charge is 0.261 e. The molecule has 2 N–H and O–H groups in total. The average Bonchev–Trinajstić information content (AvgIpc) is 3.12. The Balaban J connectivity index is 1.54. The lowest BCUT2D eigenvalue weighted by Gasteiger charge is -2.29. The molecular weight excluding hydrogens is 401 g/mol. The number of anilines is 2. The zero-order valence-corrected chi connectivity index (χ0v) is 16.8. The van der Waals surface area contributed by atoms with Crippen LogP contribution in [0.15, 0.2) is 30.6 Å². The summed E-state index contributed by atoms with van der Waals surface area (Å²) in [5, 5.41) is 7.00. The molecule has 1 saturated heterocycles. The average molecular weight is 420 g/mol. The number of halogens is 2. The standard InChI is InChI=1S/C19H19ClFN5OS/c1-26-6-4-11(5-7-26)25-18(27)16-9-13-17(22-10-23-19(13)28-16)24-12-2-3-15(21)14(20)8-12/h2-3,8-11H,4-7H2,1H3,(H,25,27)(H,22,23,24). The topological polar surface area (TPSA) is 70.2 Å². The van der Waals surface area contributed by atoms with E-state index in [0.29, 0.717) is 21.2 Å². The van der Waals surface area contributed by atoms with Crippen LogP contribution < -0.4 is 10.6 Å². The number of amides is 1. The second-order valence-corrected chi connectivity index (χ2v) is 8.29. The number of piperidine rings is 1. The largest absolute Gasteiger partial charge is 0.349 e. The Bertz CT molecular complexity index is 1020. The monoisotopic (exact) mass is 419 g/mol. The third kappa shape index (κ3) is 4.09. The number of hydrogen-bond acceptors (Lipinski definition) is 6. The van der Waals surface area contributed by atoms with E-state index >= 15 is 0 Å². The highest BCUT2D eigenvalue weighted by molar-refractivity contribution is 7.20. The molecule has 9 heteroatoms. The van der Waals surface area contributed by atoms with E-state index < -0.39 is 5.82 Å². The highest BCUT2D eigenvalue weighted by Gasteiger charge is 2.21. The van der Waals surface area contributed by atoms with Crippen molar-refractivity contribution in [1.29, 1.82) is 0 Å². The third-order valence-corrected chi connectivity index (χ3v) is 6.12. The van der Waals surface area contributed by atoms with Crippen LogP contribution in [0.1, 0.15) is 22.5 Å². The van der Waals surface area contributed by atoms with Crippen molar-refractivity contribution in [3.63, 3.8) is 0 Å². The number of carbonyl (C=O) groups excluding carboxylic acids is 1. The maximum absolute atomic E-state index is 13.4. The van der Waals surface area contributed by atoms with Crippen molar-refractivity contribution in [1.82, 2.24) is 20.2 Å². The molecule has 1 aliphatic heterocycles. The van der Waals surface area contributed by atoms with Gasteiger partial charge in [0.2, 0.25) is 0 Å². The van der Waals surface area contributed by atoms with E-state index in [1.807, 2.05) is 0 Å². The van der Waals surface area contributed by atoms with Crippen LogP contribution in [0.4, 0.5) is 15.9 Å². The predicted molar refractivity (Wildman–Crippen MR) is 110 cm³/mol. The minimum Gasteiger partial charge on any atom is -0.349 e. The van der Waals surface area contributed by atoms with Gasteiger partial charge >= 0.3 is 0 Å². The van der Waals surface area contributed by atoms with Crippen LogP contribution in [0, 0.1) is 5.82 Å². The summed E-state index contributed by atoms with van der Waals surface area (Å²) in [4.78, 5) is 24.8. The van der Waals surface area contributed by atoms with Crippen molar-refractivity contribution in [2.75, 3.05) is 25.5 Å². The van der Waals surface area contributed by atoms with Crippen molar-refractivity contribution in [3.8, 4) is 0 Å². The summed E-state index contributed by atoms with van der Waals surface area (Å²) in [6.07, 6.45) is 3.33. The highest BCUT2D eigenvalue weighted by atomic mass is 35.5. The van der Waals surface area contributed by atoms with E-state index in [2.05, 4.69) is 32.5 Å². The molecule has 1 aromatic carbocycles. The maximum Gasteiger partial charge on any atom is 0.261 e. The first-order valence-corrected chi connectivity index (χ1v) is 10.1. The summed E-state index contributed by atoms with van der Waals surface area (Å²) in [5.74, 6) is -0.0287. The first-order chi connectivity index (χ1) is 13.5. The molecule has 2 aromatic heterocycles. The van der Waals surface area contributed by atoms with E-state index in [0.717, 1.165) is 31.3 Å². The number of thiophene rings is 1.